The average molecular weight is 270 g/mol. The molecule has 0 amide bonds. The molecular weight excluding hydrogens is 248 g/mol. The lowest BCUT2D eigenvalue weighted by molar-refractivity contribution is 0.592. The van der Waals surface area contributed by atoms with Gasteiger partial charge in [-0.05, 0) is 30.7 Å². The predicted octanol–water partition coefficient (Wildman–Crippen LogP) is 1.80. The second kappa shape index (κ2) is 6.20. The van der Waals surface area contributed by atoms with Crippen molar-refractivity contribution >= 4 is 15.7 Å². The summed E-state index contributed by atoms with van der Waals surface area (Å²) in [6.45, 7) is 4.68. The number of nitrogens with zero attached hydrogens (tertiary/aromatic N) is 1. The van der Waals surface area contributed by atoms with Crippen molar-refractivity contribution in [3.05, 3.63) is 29.8 Å². The number of anilines is 1. The summed E-state index contributed by atoms with van der Waals surface area (Å²) in [6, 6.07) is 7.66. The molecule has 5 heteroatoms. The molecule has 4 nitrogen and oxygen atoms in total. The summed E-state index contributed by atoms with van der Waals surface area (Å²) < 4.78 is 25.3. The Labute approximate surface area is 110 Å². The highest BCUT2D eigenvalue weighted by molar-refractivity contribution is 7.92. The third-order valence-corrected chi connectivity index (χ3v) is 4.72. The second-order valence-corrected chi connectivity index (χ2v) is 6.75. The zero-order valence-electron chi connectivity index (χ0n) is 11.5. The van der Waals surface area contributed by atoms with Crippen molar-refractivity contribution < 1.29 is 8.42 Å². The SMILES string of the molecule is CNCCS(=O)(=O)N(C)c1ccc(C(C)C)cc1. The van der Waals surface area contributed by atoms with E-state index in [0.29, 0.717) is 18.2 Å². The monoisotopic (exact) mass is 270 g/mol. The van der Waals surface area contributed by atoms with Crippen LogP contribution in [-0.4, -0.2) is 34.8 Å². The molecule has 0 atom stereocenters. The lowest BCUT2D eigenvalue weighted by Gasteiger charge is -2.20. The van der Waals surface area contributed by atoms with Gasteiger partial charge in [-0.25, -0.2) is 8.42 Å². The highest BCUT2D eigenvalue weighted by atomic mass is 32.2. The molecule has 0 saturated carbocycles. The molecule has 0 heterocycles. The van der Waals surface area contributed by atoms with E-state index in [1.165, 1.54) is 9.87 Å². The second-order valence-electron chi connectivity index (χ2n) is 4.63. The molecule has 1 aromatic rings. The van der Waals surface area contributed by atoms with Crippen molar-refractivity contribution in [2.24, 2.45) is 0 Å². The molecule has 0 aliphatic rings. The van der Waals surface area contributed by atoms with E-state index >= 15 is 0 Å². The third-order valence-electron chi connectivity index (χ3n) is 2.95. The molecule has 0 bridgehead atoms. The van der Waals surface area contributed by atoms with Gasteiger partial charge in [0.1, 0.15) is 0 Å². The first kappa shape index (κ1) is 15.0. The van der Waals surface area contributed by atoms with Crippen LogP contribution in [0.3, 0.4) is 0 Å². The van der Waals surface area contributed by atoms with Crippen molar-refractivity contribution in [1.82, 2.24) is 5.32 Å². The minimum atomic E-state index is -3.24. The van der Waals surface area contributed by atoms with E-state index < -0.39 is 10.0 Å². The summed E-state index contributed by atoms with van der Waals surface area (Å²) >= 11 is 0. The Kier molecular flexibility index (Phi) is 5.16. The number of benzene rings is 1. The molecule has 0 fully saturated rings. The summed E-state index contributed by atoms with van der Waals surface area (Å²) in [5.41, 5.74) is 1.91. The summed E-state index contributed by atoms with van der Waals surface area (Å²) in [6.07, 6.45) is 0. The molecule has 0 aromatic heterocycles. The standard InChI is InChI=1S/C13H22N2O2S/c1-11(2)12-5-7-13(8-6-12)15(4)18(16,17)10-9-14-3/h5-8,11,14H,9-10H2,1-4H3. The van der Waals surface area contributed by atoms with Crippen molar-refractivity contribution in [3.8, 4) is 0 Å². The maximum absolute atomic E-state index is 12.0. The predicted molar refractivity (Wildman–Crippen MR) is 76.6 cm³/mol. The summed E-state index contributed by atoms with van der Waals surface area (Å²) in [5.74, 6) is 0.552. The number of hydrogen-bond acceptors (Lipinski definition) is 3. The van der Waals surface area contributed by atoms with E-state index in [-0.39, 0.29) is 5.75 Å². The minimum absolute atomic E-state index is 0.103. The Hall–Kier alpha value is -1.07. The molecular formula is C13H22N2O2S. The first-order chi connectivity index (χ1) is 8.38. The Morgan fingerprint density at radius 1 is 1.22 bits per heavy atom. The molecule has 0 spiro atoms. The molecule has 0 radical (unpaired) electrons. The Morgan fingerprint density at radius 2 is 1.78 bits per heavy atom. The topological polar surface area (TPSA) is 49.4 Å². The van der Waals surface area contributed by atoms with E-state index in [0.717, 1.165) is 0 Å². The Morgan fingerprint density at radius 3 is 2.22 bits per heavy atom. The van der Waals surface area contributed by atoms with Crippen molar-refractivity contribution in [1.29, 1.82) is 0 Å². The van der Waals surface area contributed by atoms with E-state index in [1.54, 1.807) is 14.1 Å². The zero-order chi connectivity index (χ0) is 13.8. The van der Waals surface area contributed by atoms with Gasteiger partial charge in [0.15, 0.2) is 0 Å². The van der Waals surface area contributed by atoms with Gasteiger partial charge in [-0.2, -0.15) is 0 Å². The molecule has 0 aliphatic carbocycles. The molecule has 0 aliphatic heterocycles. The highest BCUT2D eigenvalue weighted by Gasteiger charge is 2.17. The summed E-state index contributed by atoms with van der Waals surface area (Å²) in [4.78, 5) is 0. The molecule has 1 aromatic carbocycles. The van der Waals surface area contributed by atoms with Crippen molar-refractivity contribution in [2.75, 3.05) is 30.7 Å². The van der Waals surface area contributed by atoms with Gasteiger partial charge in [-0.15, -0.1) is 0 Å². The van der Waals surface area contributed by atoms with Crippen LogP contribution < -0.4 is 9.62 Å². The number of sulfonamides is 1. The van der Waals surface area contributed by atoms with Crippen LogP contribution in [0.5, 0.6) is 0 Å². The van der Waals surface area contributed by atoms with Gasteiger partial charge in [0.05, 0.1) is 11.4 Å². The number of rotatable bonds is 6. The van der Waals surface area contributed by atoms with Gasteiger partial charge < -0.3 is 5.32 Å². The van der Waals surface area contributed by atoms with Crippen molar-refractivity contribution in [3.63, 3.8) is 0 Å². The molecule has 1 rings (SSSR count). The van der Waals surface area contributed by atoms with E-state index in [9.17, 15) is 8.42 Å². The maximum atomic E-state index is 12.0. The lowest BCUT2D eigenvalue weighted by atomic mass is 10.0. The first-order valence-corrected chi connectivity index (χ1v) is 7.70. The van der Waals surface area contributed by atoms with Gasteiger partial charge in [-0.1, -0.05) is 26.0 Å². The fourth-order valence-corrected chi connectivity index (χ4v) is 2.78. The van der Waals surface area contributed by atoms with Crippen LogP contribution in [0.15, 0.2) is 24.3 Å². The van der Waals surface area contributed by atoms with Crippen LogP contribution in [0.2, 0.25) is 0 Å². The third kappa shape index (κ3) is 3.71. The summed E-state index contributed by atoms with van der Waals surface area (Å²) in [7, 11) is 0.0979. The fraction of sp³-hybridized carbons (Fsp3) is 0.538. The molecule has 102 valence electrons. The van der Waals surface area contributed by atoms with Gasteiger partial charge >= 0.3 is 0 Å². The van der Waals surface area contributed by atoms with Gasteiger partial charge in [-0.3, -0.25) is 4.31 Å². The van der Waals surface area contributed by atoms with Crippen molar-refractivity contribution in [2.45, 2.75) is 19.8 Å². The van der Waals surface area contributed by atoms with Gasteiger partial charge in [0, 0.05) is 13.6 Å². The number of nitrogens with one attached hydrogen (secondary N) is 1. The largest absolute Gasteiger partial charge is 0.319 e. The van der Waals surface area contributed by atoms with Crippen LogP contribution in [0, 0.1) is 0 Å². The average Bonchev–Trinajstić information content (AvgIpc) is 2.35. The van der Waals surface area contributed by atoms with E-state index in [2.05, 4.69) is 19.2 Å². The van der Waals surface area contributed by atoms with E-state index in [4.69, 9.17) is 0 Å². The van der Waals surface area contributed by atoms with E-state index in [1.807, 2.05) is 24.3 Å². The zero-order valence-corrected chi connectivity index (χ0v) is 12.3. The molecule has 0 unspecified atom stereocenters. The first-order valence-electron chi connectivity index (χ1n) is 6.09. The summed E-state index contributed by atoms with van der Waals surface area (Å²) in [5, 5.41) is 2.85. The van der Waals surface area contributed by atoms with Crippen LogP contribution in [0.4, 0.5) is 5.69 Å². The fourth-order valence-electron chi connectivity index (χ4n) is 1.60. The molecule has 0 saturated heterocycles. The lowest BCUT2D eigenvalue weighted by Crippen LogP contribution is -2.32. The smallest absolute Gasteiger partial charge is 0.236 e. The normalized spacial score (nSPS) is 11.8. The van der Waals surface area contributed by atoms with Crippen LogP contribution in [0.1, 0.15) is 25.3 Å². The number of hydrogen-bond donors (Lipinski definition) is 1. The van der Waals surface area contributed by atoms with Crippen LogP contribution in [-0.2, 0) is 10.0 Å². The minimum Gasteiger partial charge on any atom is -0.319 e. The Bertz CT molecular complexity index is 466. The Balaban J connectivity index is 2.87. The molecule has 18 heavy (non-hydrogen) atoms. The quantitative estimate of drug-likeness (QED) is 0.857. The van der Waals surface area contributed by atoms with Crippen LogP contribution in [0.25, 0.3) is 0 Å². The van der Waals surface area contributed by atoms with Crippen LogP contribution >= 0.6 is 0 Å². The molecule has 1 N–H and O–H groups in total. The maximum Gasteiger partial charge on any atom is 0.236 e. The van der Waals surface area contributed by atoms with Gasteiger partial charge in [0.25, 0.3) is 0 Å². The highest BCUT2D eigenvalue weighted by Crippen LogP contribution is 2.21. The van der Waals surface area contributed by atoms with Gasteiger partial charge in [0.2, 0.25) is 10.0 Å².